The molecule has 5 rings (SSSR count). The lowest BCUT2D eigenvalue weighted by molar-refractivity contribution is -0.144. The number of ketones is 2. The Morgan fingerprint density at radius 2 is 1.74 bits per heavy atom. The molecule has 0 saturated heterocycles. The van der Waals surface area contributed by atoms with E-state index >= 15 is 0 Å². The number of carbonyl (C=O) groups excluding carboxylic acids is 3. The van der Waals surface area contributed by atoms with Crippen molar-refractivity contribution < 1.29 is 48.0 Å². The molecule has 3 atom stereocenters. The summed E-state index contributed by atoms with van der Waals surface area (Å²) in [5, 5.41) is 43.8. The third kappa shape index (κ3) is 5.22. The first kappa shape index (κ1) is 31.1. The third-order valence-electron chi connectivity index (χ3n) is 9.76. The highest BCUT2D eigenvalue weighted by molar-refractivity contribution is 6.24. The summed E-state index contributed by atoms with van der Waals surface area (Å²) in [6.45, 7) is 2.90. The van der Waals surface area contributed by atoms with E-state index in [-0.39, 0.29) is 18.5 Å². The molecule has 1 aromatic rings. The maximum Gasteiger partial charge on any atom is 0.417 e. The molecule has 12 heteroatoms. The fourth-order valence-corrected chi connectivity index (χ4v) is 7.69. The van der Waals surface area contributed by atoms with Gasteiger partial charge >= 0.3 is 6.18 Å². The molecule has 234 valence electrons. The second kappa shape index (κ2) is 11.3. The van der Waals surface area contributed by atoms with Crippen molar-refractivity contribution in [2.24, 2.45) is 23.5 Å². The Hall–Kier alpha value is -3.38. The number of aliphatic hydroxyl groups excluding tert-OH is 2. The Balaban J connectivity index is 1.57. The summed E-state index contributed by atoms with van der Waals surface area (Å²) in [6, 6.07) is 0.950. The molecule has 6 N–H and O–H groups in total. The number of nitrogens with zero attached hydrogens (tertiary/aromatic N) is 1. The van der Waals surface area contributed by atoms with Gasteiger partial charge in [0.25, 0.3) is 5.91 Å². The van der Waals surface area contributed by atoms with Gasteiger partial charge in [-0.15, -0.1) is 0 Å². The van der Waals surface area contributed by atoms with Gasteiger partial charge in [-0.1, -0.05) is 32.6 Å². The van der Waals surface area contributed by atoms with Gasteiger partial charge in [0, 0.05) is 31.0 Å². The number of alkyl halides is 3. The molecule has 0 aliphatic heterocycles. The van der Waals surface area contributed by atoms with E-state index in [0.717, 1.165) is 44.6 Å². The number of carbonyl (C=O) groups is 3. The molecule has 0 radical (unpaired) electrons. The van der Waals surface area contributed by atoms with Gasteiger partial charge in [-0.25, -0.2) is 0 Å². The van der Waals surface area contributed by atoms with Crippen LogP contribution in [-0.4, -0.2) is 61.5 Å². The van der Waals surface area contributed by atoms with Crippen LogP contribution in [0.3, 0.4) is 0 Å². The number of amides is 1. The van der Waals surface area contributed by atoms with Crippen molar-refractivity contribution in [3.05, 3.63) is 51.0 Å². The van der Waals surface area contributed by atoms with Crippen LogP contribution in [0.15, 0.2) is 28.7 Å². The lowest BCUT2D eigenvalue weighted by Gasteiger charge is -2.45. The first-order chi connectivity index (χ1) is 20.2. The number of rotatable bonds is 6. The Bertz CT molecular complexity index is 1430. The number of primary amides is 1. The number of aromatic hydroxyl groups is 1. The fourth-order valence-electron chi connectivity index (χ4n) is 7.69. The third-order valence-corrected chi connectivity index (χ3v) is 9.76. The van der Waals surface area contributed by atoms with Crippen molar-refractivity contribution in [1.82, 2.24) is 4.90 Å². The molecule has 43 heavy (non-hydrogen) atoms. The van der Waals surface area contributed by atoms with Crippen molar-refractivity contribution in [2.75, 3.05) is 13.1 Å². The van der Waals surface area contributed by atoms with E-state index in [1.165, 1.54) is 0 Å². The first-order valence-electron chi connectivity index (χ1n) is 14.8. The Labute approximate surface area is 246 Å². The highest BCUT2D eigenvalue weighted by Crippen LogP contribution is 2.53. The van der Waals surface area contributed by atoms with Crippen molar-refractivity contribution in [2.45, 2.75) is 83.0 Å². The van der Waals surface area contributed by atoms with E-state index in [0.29, 0.717) is 19.0 Å². The van der Waals surface area contributed by atoms with E-state index in [1.807, 2.05) is 11.8 Å². The monoisotopic (exact) mass is 606 g/mol. The van der Waals surface area contributed by atoms with Gasteiger partial charge in [-0.2, -0.15) is 13.2 Å². The number of hydrogen-bond donors (Lipinski definition) is 5. The molecule has 4 aliphatic carbocycles. The van der Waals surface area contributed by atoms with E-state index in [2.05, 4.69) is 0 Å². The maximum atomic E-state index is 14.8. The number of halogens is 3. The molecular formula is C31H37F3N2O7. The smallest absolute Gasteiger partial charge is 0.417 e. The van der Waals surface area contributed by atoms with Crippen LogP contribution in [0.25, 0.3) is 0 Å². The highest BCUT2D eigenvalue weighted by atomic mass is 19.4. The number of Topliss-reactive ketones (excluding diaryl/α,β-unsaturated/α-hetero) is 2. The predicted octanol–water partition coefficient (Wildman–Crippen LogP) is 4.39. The zero-order chi connectivity index (χ0) is 31.4. The Morgan fingerprint density at radius 3 is 2.33 bits per heavy atom. The second-order valence-electron chi connectivity index (χ2n) is 12.4. The average molecular weight is 607 g/mol. The molecular weight excluding hydrogens is 569 g/mol. The Morgan fingerprint density at radius 1 is 1.09 bits per heavy atom. The van der Waals surface area contributed by atoms with Crippen LogP contribution >= 0.6 is 0 Å². The minimum atomic E-state index is -4.87. The fraction of sp³-hybridized carbons (Fsp3) is 0.581. The second-order valence-corrected chi connectivity index (χ2v) is 12.4. The normalized spacial score (nSPS) is 26.7. The van der Waals surface area contributed by atoms with Crippen LogP contribution in [0.4, 0.5) is 13.2 Å². The highest BCUT2D eigenvalue weighted by Gasteiger charge is 2.60. The predicted molar refractivity (Wildman–Crippen MR) is 148 cm³/mol. The summed E-state index contributed by atoms with van der Waals surface area (Å²) in [4.78, 5) is 40.5. The number of aliphatic hydroxyl groups is 3. The quantitative estimate of drug-likeness (QED) is 0.235. The summed E-state index contributed by atoms with van der Waals surface area (Å²) >= 11 is 0. The molecule has 1 aromatic carbocycles. The van der Waals surface area contributed by atoms with Crippen LogP contribution in [0.2, 0.25) is 0 Å². The summed E-state index contributed by atoms with van der Waals surface area (Å²) in [7, 11) is 0. The van der Waals surface area contributed by atoms with E-state index in [9.17, 15) is 48.0 Å². The molecule has 1 amide bonds. The molecule has 1 fully saturated rings. The number of phenols is 1. The zero-order valence-corrected chi connectivity index (χ0v) is 24.0. The van der Waals surface area contributed by atoms with Crippen molar-refractivity contribution in [3.63, 3.8) is 0 Å². The molecule has 0 heterocycles. The minimum Gasteiger partial charge on any atom is -0.511 e. The van der Waals surface area contributed by atoms with Crippen molar-refractivity contribution in [1.29, 1.82) is 0 Å². The van der Waals surface area contributed by atoms with Crippen LogP contribution in [0.1, 0.15) is 85.3 Å². The van der Waals surface area contributed by atoms with Crippen LogP contribution in [0, 0.1) is 17.8 Å². The SMILES string of the molecule is CCN(Cc1cc(O)c2c(c1C(F)(F)F)CC1C[C@H]3CC(O)=C(C(N)=O)C(=O)[C@@]3(O)C(O)=C1C2=O)CC1CCCCCC1. The van der Waals surface area contributed by atoms with E-state index in [1.54, 1.807) is 0 Å². The van der Waals surface area contributed by atoms with Gasteiger partial charge in [0.1, 0.15) is 22.8 Å². The summed E-state index contributed by atoms with van der Waals surface area (Å²) in [5.74, 6) is -8.27. The molecule has 0 bridgehead atoms. The largest absolute Gasteiger partial charge is 0.511 e. The van der Waals surface area contributed by atoms with Gasteiger partial charge in [0.05, 0.1) is 11.1 Å². The van der Waals surface area contributed by atoms with Gasteiger partial charge in [0.2, 0.25) is 5.78 Å². The lowest BCUT2D eigenvalue weighted by Crippen LogP contribution is -2.57. The molecule has 0 spiro atoms. The average Bonchev–Trinajstić information content (AvgIpc) is 3.17. The van der Waals surface area contributed by atoms with Gasteiger partial charge in [0.15, 0.2) is 11.4 Å². The molecule has 1 saturated carbocycles. The summed E-state index contributed by atoms with van der Waals surface area (Å²) in [6.07, 6.45) is 0.508. The van der Waals surface area contributed by atoms with E-state index < -0.39 is 99.0 Å². The molecule has 4 aliphatic rings. The van der Waals surface area contributed by atoms with Crippen LogP contribution in [-0.2, 0) is 28.7 Å². The van der Waals surface area contributed by atoms with Gasteiger partial charge in [-0.3, -0.25) is 19.3 Å². The number of nitrogens with two attached hydrogens (primary N) is 1. The standard InChI is InChI=1S/C31H37F3N2O7/c1-2-36(13-15-7-5-3-4-6-8-15)14-17-11-20(37)23-19(25(17)31(32,33)34)10-16-9-18-12-21(38)24(29(35)42)28(41)30(18,43)27(40)22(16)26(23)39/h11,15-16,18,37-38,40,43H,2-10,12-14H2,1H3,(H2,35,42)/t16?,18-,30-/m0/s1. The van der Waals surface area contributed by atoms with Crippen LogP contribution in [0.5, 0.6) is 5.75 Å². The topological polar surface area (TPSA) is 161 Å². The lowest BCUT2D eigenvalue weighted by atomic mass is 9.60. The number of allylic oxidation sites excluding steroid dienone is 2. The first-order valence-corrected chi connectivity index (χ1v) is 14.8. The van der Waals surface area contributed by atoms with Crippen molar-refractivity contribution in [3.8, 4) is 5.75 Å². The summed E-state index contributed by atoms with van der Waals surface area (Å²) in [5.41, 5.74) is -1.20. The molecule has 0 aromatic heterocycles. The number of benzene rings is 1. The number of fused-ring (bicyclic) bond motifs is 3. The van der Waals surface area contributed by atoms with Gasteiger partial charge < -0.3 is 26.2 Å². The van der Waals surface area contributed by atoms with Crippen LogP contribution < -0.4 is 5.73 Å². The van der Waals surface area contributed by atoms with Gasteiger partial charge in [-0.05, 0) is 61.3 Å². The summed E-state index contributed by atoms with van der Waals surface area (Å²) < 4.78 is 44.3. The van der Waals surface area contributed by atoms with E-state index in [4.69, 9.17) is 5.73 Å². The number of phenolic OH excluding ortho intramolecular Hbond substituents is 1. The Kier molecular flexibility index (Phi) is 8.14. The number of hydrogen-bond acceptors (Lipinski definition) is 8. The van der Waals surface area contributed by atoms with Crippen molar-refractivity contribution >= 4 is 17.5 Å². The minimum absolute atomic E-state index is 0.0824. The molecule has 9 nitrogen and oxygen atoms in total. The molecule has 1 unspecified atom stereocenters. The maximum absolute atomic E-state index is 14.8. The zero-order valence-electron chi connectivity index (χ0n) is 24.0.